The first kappa shape index (κ1) is 21.0. The van der Waals surface area contributed by atoms with Gasteiger partial charge in [-0.05, 0) is 51.7 Å². The van der Waals surface area contributed by atoms with Crippen molar-refractivity contribution in [1.29, 1.82) is 10.5 Å². The van der Waals surface area contributed by atoms with E-state index in [-0.39, 0.29) is 5.57 Å². The molecule has 0 amide bonds. The zero-order chi connectivity index (χ0) is 19.6. The Morgan fingerprint density at radius 2 is 1.46 bits per heavy atom. The fourth-order valence-electron chi connectivity index (χ4n) is 4.91. The number of nitrogens with zero attached hydrogens (tertiary/aromatic N) is 5. The second kappa shape index (κ2) is 11.3. The molecule has 6 heteroatoms. The van der Waals surface area contributed by atoms with Crippen molar-refractivity contribution < 1.29 is 0 Å². The lowest BCUT2D eigenvalue weighted by atomic mass is 9.95. The van der Waals surface area contributed by atoms with Crippen LogP contribution in [-0.4, -0.2) is 73.1 Å². The minimum atomic E-state index is 0.271. The number of nitriles is 2. The van der Waals surface area contributed by atoms with E-state index in [0.717, 1.165) is 51.5 Å². The van der Waals surface area contributed by atoms with Gasteiger partial charge in [-0.15, -0.1) is 0 Å². The van der Waals surface area contributed by atoms with Crippen molar-refractivity contribution in [3.8, 4) is 12.1 Å². The van der Waals surface area contributed by atoms with Gasteiger partial charge in [0, 0.05) is 38.8 Å². The average Bonchev–Trinajstić information content (AvgIpc) is 3.13. The molecule has 2 heterocycles. The fraction of sp³-hybridized carbons (Fsp3) is 0.818. The second-order valence-corrected chi connectivity index (χ2v) is 8.44. The molecular weight excluding hydrogens is 348 g/mol. The van der Waals surface area contributed by atoms with Crippen molar-refractivity contribution in [2.24, 2.45) is 0 Å². The van der Waals surface area contributed by atoms with E-state index in [9.17, 15) is 10.5 Å². The number of rotatable bonds is 8. The molecule has 3 aliphatic rings. The van der Waals surface area contributed by atoms with E-state index < -0.39 is 0 Å². The molecular formula is C22H36N6. The van der Waals surface area contributed by atoms with Gasteiger partial charge in [0.05, 0.1) is 0 Å². The Morgan fingerprint density at radius 1 is 0.821 bits per heavy atom. The van der Waals surface area contributed by atoms with Crippen molar-refractivity contribution in [3.05, 3.63) is 11.4 Å². The molecule has 0 aromatic heterocycles. The maximum Gasteiger partial charge on any atom is 0.169 e. The standard InChI is InChI=1S/C22H36N6/c23-18-20(19-24)22-27(14-7-13-26-11-5-2-6-12-26)16-17-28(22)15-10-25-21-8-3-1-4-9-21/h21,25H,1-17H2. The predicted molar refractivity (Wildman–Crippen MR) is 111 cm³/mol. The third-order valence-electron chi connectivity index (χ3n) is 6.46. The van der Waals surface area contributed by atoms with E-state index in [1.807, 2.05) is 0 Å². The molecule has 0 spiro atoms. The Labute approximate surface area is 170 Å². The van der Waals surface area contributed by atoms with Gasteiger partial charge < -0.3 is 20.0 Å². The second-order valence-electron chi connectivity index (χ2n) is 8.44. The Bertz CT molecular complexity index is 539. The summed E-state index contributed by atoms with van der Waals surface area (Å²) in [6.07, 6.45) is 11.7. The summed E-state index contributed by atoms with van der Waals surface area (Å²) in [6.45, 7) is 8.16. The van der Waals surface area contributed by atoms with Crippen LogP contribution in [0.25, 0.3) is 0 Å². The molecule has 28 heavy (non-hydrogen) atoms. The molecule has 154 valence electrons. The van der Waals surface area contributed by atoms with E-state index in [1.54, 1.807) is 0 Å². The Morgan fingerprint density at radius 3 is 2.14 bits per heavy atom. The normalized spacial score (nSPS) is 21.6. The van der Waals surface area contributed by atoms with Crippen molar-refractivity contribution in [2.45, 2.75) is 63.8 Å². The molecule has 3 fully saturated rings. The van der Waals surface area contributed by atoms with Gasteiger partial charge in [-0.25, -0.2) is 0 Å². The number of nitrogens with one attached hydrogen (secondary N) is 1. The van der Waals surface area contributed by atoms with Crippen LogP contribution in [0.4, 0.5) is 0 Å². The number of piperidine rings is 1. The van der Waals surface area contributed by atoms with Gasteiger partial charge in [-0.1, -0.05) is 25.7 Å². The fourth-order valence-corrected chi connectivity index (χ4v) is 4.91. The maximum absolute atomic E-state index is 9.47. The van der Waals surface area contributed by atoms with E-state index in [2.05, 4.69) is 32.2 Å². The third-order valence-corrected chi connectivity index (χ3v) is 6.46. The van der Waals surface area contributed by atoms with Crippen LogP contribution >= 0.6 is 0 Å². The quantitative estimate of drug-likeness (QED) is 0.649. The first-order chi connectivity index (χ1) is 13.8. The summed E-state index contributed by atoms with van der Waals surface area (Å²) >= 11 is 0. The van der Waals surface area contributed by atoms with Gasteiger partial charge in [0.1, 0.15) is 18.0 Å². The smallest absolute Gasteiger partial charge is 0.169 e. The Kier molecular flexibility index (Phi) is 8.45. The molecule has 2 aliphatic heterocycles. The van der Waals surface area contributed by atoms with Gasteiger partial charge >= 0.3 is 0 Å². The molecule has 1 saturated carbocycles. The monoisotopic (exact) mass is 384 g/mol. The van der Waals surface area contributed by atoms with Crippen LogP contribution in [0.15, 0.2) is 11.4 Å². The molecule has 0 aromatic rings. The van der Waals surface area contributed by atoms with Crippen molar-refractivity contribution >= 4 is 0 Å². The van der Waals surface area contributed by atoms with Crippen LogP contribution in [0, 0.1) is 22.7 Å². The Hall–Kier alpha value is -1.76. The van der Waals surface area contributed by atoms with E-state index in [0.29, 0.717) is 6.04 Å². The molecule has 0 atom stereocenters. The van der Waals surface area contributed by atoms with Crippen molar-refractivity contribution in [1.82, 2.24) is 20.0 Å². The predicted octanol–water partition coefficient (Wildman–Crippen LogP) is 2.66. The summed E-state index contributed by atoms with van der Waals surface area (Å²) < 4.78 is 0. The van der Waals surface area contributed by atoms with Gasteiger partial charge in [0.25, 0.3) is 0 Å². The maximum atomic E-state index is 9.47. The van der Waals surface area contributed by atoms with Crippen molar-refractivity contribution in [3.63, 3.8) is 0 Å². The summed E-state index contributed by atoms with van der Waals surface area (Å²) in [5.74, 6) is 0.870. The van der Waals surface area contributed by atoms with E-state index >= 15 is 0 Å². The molecule has 0 aromatic carbocycles. The van der Waals surface area contributed by atoms with Crippen LogP contribution in [-0.2, 0) is 0 Å². The molecule has 3 rings (SSSR count). The average molecular weight is 385 g/mol. The zero-order valence-electron chi connectivity index (χ0n) is 17.3. The largest absolute Gasteiger partial charge is 0.355 e. The number of likely N-dealkylation sites (tertiary alicyclic amines) is 1. The van der Waals surface area contributed by atoms with E-state index in [1.165, 1.54) is 64.5 Å². The minimum Gasteiger partial charge on any atom is -0.355 e. The summed E-state index contributed by atoms with van der Waals surface area (Å²) in [7, 11) is 0. The number of allylic oxidation sites excluding steroid dienone is 1. The Balaban J connectivity index is 1.50. The first-order valence-electron chi connectivity index (χ1n) is 11.3. The topological polar surface area (TPSA) is 69.3 Å². The highest BCUT2D eigenvalue weighted by Gasteiger charge is 2.28. The molecule has 1 N–H and O–H groups in total. The molecule has 0 bridgehead atoms. The molecule has 0 unspecified atom stereocenters. The first-order valence-corrected chi connectivity index (χ1v) is 11.3. The third kappa shape index (κ3) is 5.87. The summed E-state index contributed by atoms with van der Waals surface area (Å²) in [5, 5.41) is 22.6. The molecule has 2 saturated heterocycles. The summed E-state index contributed by atoms with van der Waals surface area (Å²) in [6, 6.07) is 4.92. The van der Waals surface area contributed by atoms with Crippen LogP contribution < -0.4 is 5.32 Å². The lowest BCUT2D eigenvalue weighted by Gasteiger charge is -2.29. The summed E-state index contributed by atoms with van der Waals surface area (Å²) in [4.78, 5) is 7.08. The molecule has 6 nitrogen and oxygen atoms in total. The lowest BCUT2D eigenvalue weighted by Crippen LogP contribution is -2.38. The van der Waals surface area contributed by atoms with Gasteiger partial charge in [-0.3, -0.25) is 0 Å². The van der Waals surface area contributed by atoms with E-state index in [4.69, 9.17) is 0 Å². The van der Waals surface area contributed by atoms with Crippen LogP contribution in [0.1, 0.15) is 57.8 Å². The lowest BCUT2D eigenvalue weighted by molar-refractivity contribution is 0.215. The highest BCUT2D eigenvalue weighted by Crippen LogP contribution is 2.23. The highest BCUT2D eigenvalue weighted by atomic mass is 15.4. The van der Waals surface area contributed by atoms with Crippen molar-refractivity contribution in [2.75, 3.05) is 52.4 Å². The van der Waals surface area contributed by atoms with Crippen LogP contribution in [0.5, 0.6) is 0 Å². The van der Waals surface area contributed by atoms with Crippen LogP contribution in [0.3, 0.4) is 0 Å². The highest BCUT2D eigenvalue weighted by molar-refractivity contribution is 5.40. The number of hydrogen-bond donors (Lipinski definition) is 1. The SMILES string of the molecule is N#CC(C#N)=C1N(CCCN2CCCCC2)CCN1CCNC1CCCCC1. The molecule has 1 aliphatic carbocycles. The van der Waals surface area contributed by atoms with Gasteiger partial charge in [-0.2, -0.15) is 10.5 Å². The van der Waals surface area contributed by atoms with Gasteiger partial charge in [0.2, 0.25) is 0 Å². The number of hydrogen-bond acceptors (Lipinski definition) is 6. The van der Waals surface area contributed by atoms with Crippen LogP contribution in [0.2, 0.25) is 0 Å². The zero-order valence-corrected chi connectivity index (χ0v) is 17.3. The molecule has 0 radical (unpaired) electrons. The van der Waals surface area contributed by atoms with Gasteiger partial charge in [0.15, 0.2) is 5.57 Å². The summed E-state index contributed by atoms with van der Waals surface area (Å²) in [5.41, 5.74) is 0.271. The minimum absolute atomic E-state index is 0.271.